The molecule has 11 heteroatoms. The van der Waals surface area contributed by atoms with Crippen LogP contribution in [0.1, 0.15) is 35.1 Å². The third-order valence-electron chi connectivity index (χ3n) is 5.37. The van der Waals surface area contributed by atoms with Gasteiger partial charge >= 0.3 is 0 Å². The Morgan fingerprint density at radius 1 is 1.25 bits per heavy atom. The maximum absolute atomic E-state index is 12.1. The second-order valence-corrected chi connectivity index (χ2v) is 7.46. The first-order chi connectivity index (χ1) is 15.7. The molecule has 5 heterocycles. The van der Waals surface area contributed by atoms with Crippen LogP contribution in [0.3, 0.4) is 0 Å². The van der Waals surface area contributed by atoms with Gasteiger partial charge in [-0.2, -0.15) is 15.1 Å². The van der Waals surface area contributed by atoms with Crippen molar-refractivity contribution in [3.05, 3.63) is 60.2 Å². The van der Waals surface area contributed by atoms with Crippen molar-refractivity contribution >= 4 is 29.3 Å². The number of aromatic amines is 1. The quantitative estimate of drug-likeness (QED) is 0.345. The molecule has 1 aliphatic heterocycles. The standard InChI is InChI=1S/C21H23N9O2/c31-12-9-23-19(32)15-13-17(28-27-15)24-20-26-21(25-18-7-4-11-30(18)20)29-10-3-6-16(29)14-5-1-2-8-22-14/h1-2,4-5,7-8,11,13,16,31H,3,6,9-10,12H2,(H,23,32)(H2,24,25,26,27,28). The summed E-state index contributed by atoms with van der Waals surface area (Å²) in [5.74, 6) is 1.25. The number of aliphatic hydroxyl groups excluding tert-OH is 1. The normalized spacial score (nSPS) is 15.9. The van der Waals surface area contributed by atoms with Crippen molar-refractivity contribution in [3.8, 4) is 0 Å². The SMILES string of the molecule is O=C(NCCO)c1cc(Nc2nc(N3CCCC3c3ccccn3)nc3cccn23)n[nH]1. The summed E-state index contributed by atoms with van der Waals surface area (Å²) >= 11 is 0. The molecular formula is C21H23N9O2. The number of carbonyl (C=O) groups is 1. The predicted octanol–water partition coefficient (Wildman–Crippen LogP) is 1.65. The molecule has 5 rings (SSSR count). The fourth-order valence-electron chi connectivity index (χ4n) is 3.90. The zero-order chi connectivity index (χ0) is 21.9. The van der Waals surface area contributed by atoms with Crippen LogP contribution in [0.2, 0.25) is 0 Å². The number of nitrogens with one attached hydrogen (secondary N) is 3. The van der Waals surface area contributed by atoms with E-state index in [2.05, 4.69) is 30.7 Å². The summed E-state index contributed by atoms with van der Waals surface area (Å²) in [7, 11) is 0. The van der Waals surface area contributed by atoms with E-state index in [4.69, 9.17) is 15.1 Å². The molecule has 0 saturated carbocycles. The molecule has 4 aromatic rings. The van der Waals surface area contributed by atoms with Crippen LogP contribution in [-0.2, 0) is 0 Å². The van der Waals surface area contributed by atoms with Crippen LogP contribution in [-0.4, -0.2) is 60.3 Å². The summed E-state index contributed by atoms with van der Waals surface area (Å²) in [5, 5.41) is 21.5. The summed E-state index contributed by atoms with van der Waals surface area (Å²) in [4.78, 5) is 28.3. The zero-order valence-electron chi connectivity index (χ0n) is 17.3. The van der Waals surface area contributed by atoms with Crippen LogP contribution in [0.25, 0.3) is 5.65 Å². The molecule has 4 N–H and O–H groups in total. The Morgan fingerprint density at radius 3 is 3.03 bits per heavy atom. The van der Waals surface area contributed by atoms with Crippen molar-refractivity contribution in [2.45, 2.75) is 18.9 Å². The van der Waals surface area contributed by atoms with Crippen molar-refractivity contribution in [2.75, 3.05) is 29.9 Å². The fraction of sp³-hybridized carbons (Fsp3) is 0.286. The second-order valence-electron chi connectivity index (χ2n) is 7.46. The number of hydrogen-bond donors (Lipinski definition) is 4. The molecule has 1 atom stereocenters. The summed E-state index contributed by atoms with van der Waals surface area (Å²) in [5.41, 5.74) is 2.04. The van der Waals surface area contributed by atoms with Crippen LogP contribution < -0.4 is 15.5 Å². The third-order valence-corrected chi connectivity index (χ3v) is 5.37. The minimum atomic E-state index is -0.343. The van der Waals surface area contributed by atoms with E-state index >= 15 is 0 Å². The zero-order valence-corrected chi connectivity index (χ0v) is 17.3. The van der Waals surface area contributed by atoms with Gasteiger partial charge in [0.05, 0.1) is 18.3 Å². The smallest absolute Gasteiger partial charge is 0.269 e. The molecule has 1 fully saturated rings. The molecule has 11 nitrogen and oxygen atoms in total. The highest BCUT2D eigenvalue weighted by Gasteiger charge is 2.29. The van der Waals surface area contributed by atoms with Gasteiger partial charge in [-0.05, 0) is 37.1 Å². The second kappa shape index (κ2) is 8.63. The maximum Gasteiger partial charge on any atom is 0.269 e. The fourth-order valence-corrected chi connectivity index (χ4v) is 3.90. The summed E-state index contributed by atoms with van der Waals surface area (Å²) in [6, 6.07) is 11.5. The molecule has 4 aromatic heterocycles. The van der Waals surface area contributed by atoms with Gasteiger partial charge in [0.15, 0.2) is 5.82 Å². The first-order valence-corrected chi connectivity index (χ1v) is 10.5. The molecule has 0 radical (unpaired) electrons. The van der Waals surface area contributed by atoms with Gasteiger partial charge < -0.3 is 20.6 Å². The minimum absolute atomic E-state index is 0.119. The topological polar surface area (TPSA) is 136 Å². The number of aromatic nitrogens is 6. The highest BCUT2D eigenvalue weighted by molar-refractivity contribution is 5.93. The summed E-state index contributed by atoms with van der Waals surface area (Å²) in [6.07, 6.45) is 5.69. The van der Waals surface area contributed by atoms with Gasteiger partial charge in [-0.15, -0.1) is 0 Å². The number of fused-ring (bicyclic) bond motifs is 1. The lowest BCUT2D eigenvalue weighted by atomic mass is 10.1. The van der Waals surface area contributed by atoms with Gasteiger partial charge in [0.25, 0.3) is 5.91 Å². The third kappa shape index (κ3) is 3.85. The van der Waals surface area contributed by atoms with Crippen molar-refractivity contribution in [2.24, 2.45) is 0 Å². The van der Waals surface area contributed by atoms with Crippen molar-refractivity contribution < 1.29 is 9.90 Å². The van der Waals surface area contributed by atoms with Crippen LogP contribution in [0.5, 0.6) is 0 Å². The Labute approximate surface area is 183 Å². The number of carbonyl (C=O) groups excluding carboxylic acids is 1. The monoisotopic (exact) mass is 433 g/mol. The lowest BCUT2D eigenvalue weighted by Crippen LogP contribution is -2.26. The van der Waals surface area contributed by atoms with Crippen LogP contribution in [0.4, 0.5) is 17.7 Å². The highest BCUT2D eigenvalue weighted by atomic mass is 16.3. The maximum atomic E-state index is 12.1. The van der Waals surface area contributed by atoms with Crippen molar-refractivity contribution in [1.82, 2.24) is 34.9 Å². The number of nitrogens with zero attached hydrogens (tertiary/aromatic N) is 6. The first-order valence-electron chi connectivity index (χ1n) is 10.5. The molecule has 1 amide bonds. The Morgan fingerprint density at radius 2 is 2.19 bits per heavy atom. The van der Waals surface area contributed by atoms with Crippen molar-refractivity contribution in [1.29, 1.82) is 0 Å². The highest BCUT2D eigenvalue weighted by Crippen LogP contribution is 2.34. The molecule has 32 heavy (non-hydrogen) atoms. The Bertz CT molecular complexity index is 1220. The van der Waals surface area contributed by atoms with E-state index in [-0.39, 0.29) is 30.8 Å². The average molecular weight is 433 g/mol. The van der Waals surface area contributed by atoms with Crippen LogP contribution in [0, 0.1) is 0 Å². The van der Waals surface area contributed by atoms with E-state index in [0.29, 0.717) is 17.7 Å². The Kier molecular flexibility index (Phi) is 5.38. The van der Waals surface area contributed by atoms with E-state index in [1.54, 1.807) is 6.07 Å². The lowest BCUT2D eigenvalue weighted by Gasteiger charge is -2.24. The average Bonchev–Trinajstić information content (AvgIpc) is 3.58. The van der Waals surface area contributed by atoms with Gasteiger partial charge in [0.2, 0.25) is 11.9 Å². The van der Waals surface area contributed by atoms with Gasteiger partial charge in [-0.1, -0.05) is 6.07 Å². The number of H-pyrrole nitrogens is 1. The molecular weight excluding hydrogens is 410 g/mol. The van der Waals surface area contributed by atoms with Gasteiger partial charge in [-0.3, -0.25) is 19.3 Å². The molecule has 0 spiro atoms. The van der Waals surface area contributed by atoms with Gasteiger partial charge in [0, 0.05) is 31.5 Å². The molecule has 0 bridgehead atoms. The Balaban J connectivity index is 1.44. The molecule has 1 aliphatic rings. The molecule has 1 unspecified atom stereocenters. The van der Waals surface area contributed by atoms with E-state index in [1.807, 2.05) is 47.1 Å². The molecule has 164 valence electrons. The van der Waals surface area contributed by atoms with E-state index < -0.39 is 0 Å². The van der Waals surface area contributed by atoms with E-state index in [1.165, 1.54) is 0 Å². The van der Waals surface area contributed by atoms with E-state index in [0.717, 1.165) is 30.7 Å². The van der Waals surface area contributed by atoms with Gasteiger partial charge in [0.1, 0.15) is 11.3 Å². The summed E-state index contributed by atoms with van der Waals surface area (Å²) in [6.45, 7) is 0.887. The first kappa shape index (κ1) is 19.9. The lowest BCUT2D eigenvalue weighted by molar-refractivity contribution is 0.0939. The molecule has 0 aromatic carbocycles. The number of anilines is 3. The van der Waals surface area contributed by atoms with Crippen LogP contribution >= 0.6 is 0 Å². The number of aliphatic hydroxyl groups is 1. The number of pyridine rings is 1. The Hall–Kier alpha value is -3.99. The van der Waals surface area contributed by atoms with Crippen LogP contribution in [0.15, 0.2) is 48.8 Å². The molecule has 0 aliphatic carbocycles. The molecule has 1 saturated heterocycles. The van der Waals surface area contributed by atoms with Crippen molar-refractivity contribution in [3.63, 3.8) is 0 Å². The largest absolute Gasteiger partial charge is 0.395 e. The predicted molar refractivity (Wildman–Crippen MR) is 118 cm³/mol. The number of rotatable bonds is 7. The van der Waals surface area contributed by atoms with Gasteiger partial charge in [-0.25, -0.2) is 0 Å². The van der Waals surface area contributed by atoms with E-state index in [9.17, 15) is 4.79 Å². The number of amides is 1. The number of hydrogen-bond acceptors (Lipinski definition) is 8. The minimum Gasteiger partial charge on any atom is -0.395 e. The summed E-state index contributed by atoms with van der Waals surface area (Å²) < 4.78 is 1.83.